The van der Waals surface area contributed by atoms with Crippen LogP contribution in [0, 0.1) is 20.8 Å². The fourth-order valence-corrected chi connectivity index (χ4v) is 2.81. The first-order valence-electron chi connectivity index (χ1n) is 7.46. The number of hydrogen-bond donors (Lipinski definition) is 2. The van der Waals surface area contributed by atoms with Crippen molar-refractivity contribution in [2.24, 2.45) is 0 Å². The molecule has 124 valence electrons. The van der Waals surface area contributed by atoms with Gasteiger partial charge in [-0.25, -0.2) is 9.67 Å². The van der Waals surface area contributed by atoms with Crippen LogP contribution in [-0.2, 0) is 4.79 Å². The molecule has 0 saturated carbocycles. The molecular formula is C16H18N6OS. The number of aryl methyl sites for hydroxylation is 3. The molecule has 1 amide bonds. The van der Waals surface area contributed by atoms with E-state index in [1.54, 1.807) is 4.68 Å². The minimum absolute atomic E-state index is 0.129. The molecular weight excluding hydrogens is 324 g/mol. The molecule has 0 unspecified atom stereocenters. The second-order valence-corrected chi connectivity index (χ2v) is 6.40. The Kier molecular flexibility index (Phi) is 4.66. The van der Waals surface area contributed by atoms with Gasteiger partial charge in [0.1, 0.15) is 11.6 Å². The molecule has 0 bridgehead atoms. The fraction of sp³-hybridized carbons (Fsp3) is 0.250. The molecule has 8 heteroatoms. The van der Waals surface area contributed by atoms with Gasteiger partial charge in [0.2, 0.25) is 11.1 Å². The molecule has 24 heavy (non-hydrogen) atoms. The SMILES string of the molecule is Cc1ccc(-n2nc(C)cc2NC(=O)CSc2n[nH]c(C)n2)cc1. The standard InChI is InChI=1S/C16H18N6OS/c1-10-4-6-13(7-5-10)22-14(8-11(2)21-22)18-15(23)9-24-16-17-12(3)19-20-16/h4-8H,9H2,1-3H3,(H,18,23)(H,17,19,20). The maximum Gasteiger partial charge on any atom is 0.236 e. The Morgan fingerprint density at radius 3 is 2.67 bits per heavy atom. The van der Waals surface area contributed by atoms with Crippen molar-refractivity contribution in [3.05, 3.63) is 47.4 Å². The average Bonchev–Trinajstić information content (AvgIpc) is 3.12. The van der Waals surface area contributed by atoms with Crippen molar-refractivity contribution >= 4 is 23.5 Å². The van der Waals surface area contributed by atoms with Gasteiger partial charge in [0, 0.05) is 6.07 Å². The third kappa shape index (κ3) is 3.83. The highest BCUT2D eigenvalue weighted by Crippen LogP contribution is 2.19. The van der Waals surface area contributed by atoms with Crippen molar-refractivity contribution in [3.8, 4) is 5.69 Å². The van der Waals surface area contributed by atoms with E-state index in [0.29, 0.717) is 11.0 Å². The van der Waals surface area contributed by atoms with Crippen LogP contribution >= 0.6 is 11.8 Å². The molecule has 0 fully saturated rings. The number of aromatic nitrogens is 5. The van der Waals surface area contributed by atoms with E-state index in [9.17, 15) is 4.79 Å². The first-order chi connectivity index (χ1) is 11.5. The molecule has 0 aliphatic carbocycles. The number of carbonyl (C=O) groups is 1. The number of benzene rings is 1. The monoisotopic (exact) mass is 342 g/mol. The number of H-pyrrole nitrogens is 1. The molecule has 0 aliphatic rings. The third-order valence-electron chi connectivity index (χ3n) is 3.29. The van der Waals surface area contributed by atoms with Gasteiger partial charge in [-0.05, 0) is 32.9 Å². The highest BCUT2D eigenvalue weighted by atomic mass is 32.2. The molecule has 2 heterocycles. The summed E-state index contributed by atoms with van der Waals surface area (Å²) in [7, 11) is 0. The van der Waals surface area contributed by atoms with Gasteiger partial charge in [0.25, 0.3) is 0 Å². The number of anilines is 1. The molecule has 0 aliphatic heterocycles. The van der Waals surface area contributed by atoms with Crippen molar-refractivity contribution in [1.29, 1.82) is 0 Å². The van der Waals surface area contributed by atoms with Crippen LogP contribution in [0.3, 0.4) is 0 Å². The molecule has 3 aromatic rings. The van der Waals surface area contributed by atoms with E-state index in [-0.39, 0.29) is 11.7 Å². The fourth-order valence-electron chi connectivity index (χ4n) is 2.17. The molecule has 7 nitrogen and oxygen atoms in total. The Bertz CT molecular complexity index is 852. The Labute approximate surface area is 143 Å². The lowest BCUT2D eigenvalue weighted by Crippen LogP contribution is -2.17. The summed E-state index contributed by atoms with van der Waals surface area (Å²) >= 11 is 1.28. The van der Waals surface area contributed by atoms with Gasteiger partial charge >= 0.3 is 0 Å². The number of thioether (sulfide) groups is 1. The summed E-state index contributed by atoms with van der Waals surface area (Å²) in [4.78, 5) is 16.4. The first-order valence-corrected chi connectivity index (χ1v) is 8.45. The zero-order valence-electron chi connectivity index (χ0n) is 13.7. The summed E-state index contributed by atoms with van der Waals surface area (Å²) in [6, 6.07) is 9.82. The van der Waals surface area contributed by atoms with Crippen LogP contribution in [0.4, 0.5) is 5.82 Å². The normalized spacial score (nSPS) is 10.8. The number of nitrogens with one attached hydrogen (secondary N) is 2. The summed E-state index contributed by atoms with van der Waals surface area (Å²) in [6.07, 6.45) is 0. The molecule has 0 radical (unpaired) electrons. The highest BCUT2D eigenvalue weighted by Gasteiger charge is 2.12. The van der Waals surface area contributed by atoms with E-state index in [1.165, 1.54) is 17.3 Å². The van der Waals surface area contributed by atoms with Gasteiger partial charge < -0.3 is 5.32 Å². The molecule has 2 aromatic heterocycles. The molecule has 2 N–H and O–H groups in total. The summed E-state index contributed by atoms with van der Waals surface area (Å²) in [5, 5.41) is 14.7. The van der Waals surface area contributed by atoms with Crippen LogP contribution < -0.4 is 5.32 Å². The zero-order valence-corrected chi connectivity index (χ0v) is 14.5. The molecule has 3 rings (SSSR count). The van der Waals surface area contributed by atoms with Gasteiger partial charge in [-0.1, -0.05) is 29.5 Å². The van der Waals surface area contributed by atoms with Gasteiger partial charge in [-0.2, -0.15) is 5.10 Å². The van der Waals surface area contributed by atoms with Crippen molar-refractivity contribution in [2.45, 2.75) is 25.9 Å². The summed E-state index contributed by atoms with van der Waals surface area (Å²) < 4.78 is 1.73. The smallest absolute Gasteiger partial charge is 0.236 e. The zero-order chi connectivity index (χ0) is 17.1. The second kappa shape index (κ2) is 6.88. The van der Waals surface area contributed by atoms with Crippen LogP contribution in [0.15, 0.2) is 35.5 Å². The van der Waals surface area contributed by atoms with Crippen LogP contribution in [0.5, 0.6) is 0 Å². The Balaban J connectivity index is 1.70. The van der Waals surface area contributed by atoms with Gasteiger partial charge in [0.15, 0.2) is 0 Å². The Morgan fingerprint density at radius 1 is 1.25 bits per heavy atom. The van der Waals surface area contributed by atoms with E-state index in [0.717, 1.165) is 17.2 Å². The number of hydrogen-bond acceptors (Lipinski definition) is 5. The number of nitrogens with zero attached hydrogens (tertiary/aromatic N) is 4. The topological polar surface area (TPSA) is 88.5 Å². The summed E-state index contributed by atoms with van der Waals surface area (Å²) in [5.41, 5.74) is 2.91. The minimum atomic E-state index is -0.129. The van der Waals surface area contributed by atoms with Crippen molar-refractivity contribution in [2.75, 3.05) is 11.1 Å². The molecule has 1 aromatic carbocycles. The predicted octanol–water partition coefficient (Wildman–Crippen LogP) is 2.65. The van der Waals surface area contributed by atoms with Crippen LogP contribution in [0.1, 0.15) is 17.1 Å². The minimum Gasteiger partial charge on any atom is -0.310 e. The second-order valence-electron chi connectivity index (χ2n) is 5.46. The average molecular weight is 342 g/mol. The van der Waals surface area contributed by atoms with E-state index >= 15 is 0 Å². The van der Waals surface area contributed by atoms with E-state index in [2.05, 4.69) is 25.6 Å². The van der Waals surface area contributed by atoms with Gasteiger partial charge in [0.05, 0.1) is 17.1 Å². The number of aromatic amines is 1. The Hall–Kier alpha value is -2.61. The van der Waals surface area contributed by atoms with E-state index in [4.69, 9.17) is 0 Å². The number of carbonyl (C=O) groups excluding carboxylic acids is 1. The lowest BCUT2D eigenvalue weighted by Gasteiger charge is -2.08. The molecule has 0 saturated heterocycles. The largest absolute Gasteiger partial charge is 0.310 e. The van der Waals surface area contributed by atoms with E-state index in [1.807, 2.05) is 51.1 Å². The van der Waals surface area contributed by atoms with Gasteiger partial charge in [-0.15, -0.1) is 5.10 Å². The predicted molar refractivity (Wildman–Crippen MR) is 93.5 cm³/mol. The molecule has 0 atom stereocenters. The van der Waals surface area contributed by atoms with E-state index < -0.39 is 0 Å². The van der Waals surface area contributed by atoms with Crippen molar-refractivity contribution in [1.82, 2.24) is 25.0 Å². The third-order valence-corrected chi connectivity index (χ3v) is 4.13. The van der Waals surface area contributed by atoms with Crippen molar-refractivity contribution in [3.63, 3.8) is 0 Å². The van der Waals surface area contributed by atoms with Crippen LogP contribution in [0.25, 0.3) is 5.69 Å². The first kappa shape index (κ1) is 16.3. The van der Waals surface area contributed by atoms with Gasteiger partial charge in [-0.3, -0.25) is 9.89 Å². The van der Waals surface area contributed by atoms with Crippen molar-refractivity contribution < 1.29 is 4.79 Å². The lowest BCUT2D eigenvalue weighted by molar-refractivity contribution is -0.113. The summed E-state index contributed by atoms with van der Waals surface area (Å²) in [5.74, 6) is 1.48. The lowest BCUT2D eigenvalue weighted by atomic mass is 10.2. The number of amides is 1. The summed E-state index contributed by atoms with van der Waals surface area (Å²) in [6.45, 7) is 5.74. The maximum atomic E-state index is 12.2. The highest BCUT2D eigenvalue weighted by molar-refractivity contribution is 7.99. The molecule has 0 spiro atoms. The Morgan fingerprint density at radius 2 is 2.00 bits per heavy atom. The van der Waals surface area contributed by atoms with Crippen LogP contribution in [-0.4, -0.2) is 36.6 Å². The quantitative estimate of drug-likeness (QED) is 0.696. The number of rotatable bonds is 5. The maximum absolute atomic E-state index is 12.2. The van der Waals surface area contributed by atoms with Crippen LogP contribution in [0.2, 0.25) is 0 Å².